The third kappa shape index (κ3) is 3.92. The molecule has 2 aromatic rings. The van der Waals surface area contributed by atoms with Crippen molar-refractivity contribution in [2.24, 2.45) is 0 Å². The van der Waals surface area contributed by atoms with Crippen LogP contribution in [-0.2, 0) is 16.6 Å². The number of hydrogen-bond donors (Lipinski definition) is 2. The number of sulfonamides is 1. The van der Waals surface area contributed by atoms with E-state index in [2.05, 4.69) is 9.88 Å². The van der Waals surface area contributed by atoms with E-state index < -0.39 is 15.5 Å². The van der Waals surface area contributed by atoms with Crippen molar-refractivity contribution in [2.75, 3.05) is 26.2 Å². The van der Waals surface area contributed by atoms with Crippen LogP contribution in [0.4, 0.5) is 0 Å². The largest absolute Gasteiger partial charge is 0.503 e. The molecule has 0 bridgehead atoms. The molecule has 0 spiro atoms. The van der Waals surface area contributed by atoms with Crippen LogP contribution in [0, 0.1) is 6.92 Å². The summed E-state index contributed by atoms with van der Waals surface area (Å²) in [5.41, 5.74) is 1.29. The lowest BCUT2D eigenvalue weighted by molar-refractivity contribution is 0.180. The molecule has 8 heteroatoms. The highest BCUT2D eigenvalue weighted by Crippen LogP contribution is 2.18. The van der Waals surface area contributed by atoms with Crippen LogP contribution in [0.2, 0.25) is 0 Å². The molecule has 1 aromatic carbocycles. The summed E-state index contributed by atoms with van der Waals surface area (Å²) in [6.07, 6.45) is 1.27. The van der Waals surface area contributed by atoms with Crippen molar-refractivity contribution in [1.29, 1.82) is 0 Å². The highest BCUT2D eigenvalue weighted by Gasteiger charge is 2.28. The maximum Gasteiger partial charge on any atom is 0.243 e. The van der Waals surface area contributed by atoms with Crippen LogP contribution in [0.5, 0.6) is 5.75 Å². The summed E-state index contributed by atoms with van der Waals surface area (Å²) in [5, 5.41) is 9.27. The molecule has 1 saturated heterocycles. The SMILES string of the molecule is Cc1ccc(S(=O)(=O)N2CCN(Cc3cc(=O)c(O)c[nH]3)CC2)cc1. The minimum Gasteiger partial charge on any atom is -0.503 e. The average Bonchev–Trinajstić information content (AvgIpc) is 2.59. The van der Waals surface area contributed by atoms with Gasteiger partial charge in [-0.05, 0) is 19.1 Å². The molecule has 0 unspecified atom stereocenters. The smallest absolute Gasteiger partial charge is 0.243 e. The van der Waals surface area contributed by atoms with Gasteiger partial charge in [0.05, 0.1) is 4.90 Å². The second-order valence-corrected chi connectivity index (χ2v) is 8.14. The molecule has 0 saturated carbocycles. The molecule has 2 N–H and O–H groups in total. The van der Waals surface area contributed by atoms with Gasteiger partial charge in [0, 0.05) is 50.7 Å². The number of aromatic nitrogens is 1. The van der Waals surface area contributed by atoms with Crippen LogP contribution in [-0.4, -0.2) is 53.9 Å². The van der Waals surface area contributed by atoms with Gasteiger partial charge < -0.3 is 10.1 Å². The number of aromatic hydroxyl groups is 1. The Hall–Kier alpha value is -2.16. The van der Waals surface area contributed by atoms with Gasteiger partial charge >= 0.3 is 0 Å². The predicted molar refractivity (Wildman–Crippen MR) is 93.9 cm³/mol. The molecule has 3 rings (SSSR count). The Bertz CT molecular complexity index is 898. The van der Waals surface area contributed by atoms with Crippen molar-refractivity contribution in [1.82, 2.24) is 14.2 Å². The monoisotopic (exact) mass is 363 g/mol. The van der Waals surface area contributed by atoms with Crippen molar-refractivity contribution in [3.63, 3.8) is 0 Å². The molecule has 1 aliphatic rings. The second kappa shape index (κ2) is 6.99. The molecule has 7 nitrogen and oxygen atoms in total. The highest BCUT2D eigenvalue weighted by molar-refractivity contribution is 7.89. The fourth-order valence-electron chi connectivity index (χ4n) is 2.83. The van der Waals surface area contributed by atoms with Gasteiger partial charge in [0.25, 0.3) is 0 Å². The van der Waals surface area contributed by atoms with Gasteiger partial charge in [-0.25, -0.2) is 8.42 Å². The Labute approximate surface area is 146 Å². The number of nitrogens with zero attached hydrogens (tertiary/aromatic N) is 2. The number of pyridine rings is 1. The molecule has 0 amide bonds. The number of nitrogens with one attached hydrogen (secondary N) is 1. The Kier molecular flexibility index (Phi) is 4.94. The maximum atomic E-state index is 12.7. The van der Waals surface area contributed by atoms with Gasteiger partial charge in [0.1, 0.15) is 0 Å². The number of hydrogen-bond acceptors (Lipinski definition) is 5. The zero-order valence-electron chi connectivity index (χ0n) is 14.0. The van der Waals surface area contributed by atoms with E-state index in [1.807, 2.05) is 6.92 Å². The number of aromatic amines is 1. The fraction of sp³-hybridized carbons (Fsp3) is 0.353. The first-order valence-electron chi connectivity index (χ1n) is 8.06. The Morgan fingerprint density at radius 3 is 2.36 bits per heavy atom. The molecule has 0 radical (unpaired) electrons. The Morgan fingerprint density at radius 2 is 1.76 bits per heavy atom. The third-order valence-corrected chi connectivity index (χ3v) is 6.25. The third-order valence-electron chi connectivity index (χ3n) is 4.34. The first kappa shape index (κ1) is 17.7. The lowest BCUT2D eigenvalue weighted by atomic mass is 10.2. The molecule has 1 aliphatic heterocycles. The minimum atomic E-state index is -3.47. The summed E-state index contributed by atoms with van der Waals surface area (Å²) in [4.78, 5) is 16.7. The van der Waals surface area contributed by atoms with Gasteiger partial charge in [-0.1, -0.05) is 17.7 Å². The number of rotatable bonds is 4. The van der Waals surface area contributed by atoms with E-state index in [4.69, 9.17) is 0 Å². The lowest BCUT2D eigenvalue weighted by Gasteiger charge is -2.33. The number of aryl methyl sites for hydroxylation is 1. The summed E-state index contributed by atoms with van der Waals surface area (Å²) >= 11 is 0. The van der Waals surface area contributed by atoms with Crippen molar-refractivity contribution < 1.29 is 13.5 Å². The van der Waals surface area contributed by atoms with Crippen LogP contribution in [0.1, 0.15) is 11.3 Å². The standard InChI is InChI=1S/C17H21N3O4S/c1-13-2-4-15(5-3-13)25(23,24)20-8-6-19(7-9-20)12-14-10-16(21)17(22)11-18-14/h2-5,10-11,22H,6-9,12H2,1H3,(H,18,21). The normalized spacial score (nSPS) is 16.8. The summed E-state index contributed by atoms with van der Waals surface area (Å²) in [7, 11) is -3.47. The molecule has 1 aromatic heterocycles. The molecule has 2 heterocycles. The first-order valence-corrected chi connectivity index (χ1v) is 9.50. The topological polar surface area (TPSA) is 93.7 Å². The quantitative estimate of drug-likeness (QED) is 0.842. The molecule has 134 valence electrons. The van der Waals surface area contributed by atoms with Crippen molar-refractivity contribution in [2.45, 2.75) is 18.4 Å². The first-order chi connectivity index (χ1) is 11.9. The van der Waals surface area contributed by atoms with Gasteiger partial charge in [-0.3, -0.25) is 9.69 Å². The molecule has 1 fully saturated rings. The molecule has 0 atom stereocenters. The Morgan fingerprint density at radius 1 is 1.12 bits per heavy atom. The van der Waals surface area contributed by atoms with Crippen molar-refractivity contribution >= 4 is 10.0 Å². The predicted octanol–water partition coefficient (Wildman–Crippen LogP) is 0.895. The van der Waals surface area contributed by atoms with E-state index in [9.17, 15) is 18.3 Å². The summed E-state index contributed by atoms with van der Waals surface area (Å²) in [5.74, 6) is -0.308. The zero-order chi connectivity index (χ0) is 18.0. The number of H-pyrrole nitrogens is 1. The zero-order valence-corrected chi connectivity index (χ0v) is 14.8. The van der Waals surface area contributed by atoms with E-state index >= 15 is 0 Å². The second-order valence-electron chi connectivity index (χ2n) is 6.20. The summed E-state index contributed by atoms with van der Waals surface area (Å²) in [6, 6.07) is 8.23. The number of benzene rings is 1. The van der Waals surface area contributed by atoms with Crippen LogP contribution in [0.3, 0.4) is 0 Å². The maximum absolute atomic E-state index is 12.7. The van der Waals surface area contributed by atoms with E-state index in [-0.39, 0.29) is 5.75 Å². The van der Waals surface area contributed by atoms with Gasteiger partial charge in [0.15, 0.2) is 5.75 Å². The Balaban J connectivity index is 1.64. The van der Waals surface area contributed by atoms with Crippen LogP contribution in [0.25, 0.3) is 0 Å². The van der Waals surface area contributed by atoms with Gasteiger partial charge in [0.2, 0.25) is 15.5 Å². The summed E-state index contributed by atoms with van der Waals surface area (Å²) in [6.45, 7) is 4.38. The lowest BCUT2D eigenvalue weighted by Crippen LogP contribution is -2.48. The summed E-state index contributed by atoms with van der Waals surface area (Å²) < 4.78 is 26.8. The molecular weight excluding hydrogens is 342 g/mol. The molecular formula is C17H21N3O4S. The molecule has 25 heavy (non-hydrogen) atoms. The van der Waals surface area contributed by atoms with Gasteiger partial charge in [-0.2, -0.15) is 4.31 Å². The van der Waals surface area contributed by atoms with Crippen molar-refractivity contribution in [3.8, 4) is 5.75 Å². The average molecular weight is 363 g/mol. The minimum absolute atomic E-state index is 0.308. The van der Waals surface area contributed by atoms with E-state index in [0.717, 1.165) is 5.56 Å². The van der Waals surface area contributed by atoms with Crippen molar-refractivity contribution in [3.05, 3.63) is 58.0 Å². The van der Waals surface area contributed by atoms with Crippen LogP contribution >= 0.6 is 0 Å². The van der Waals surface area contributed by atoms with E-state index in [1.165, 1.54) is 16.6 Å². The number of piperazine rings is 1. The fourth-order valence-corrected chi connectivity index (χ4v) is 4.25. The van der Waals surface area contributed by atoms with E-state index in [1.54, 1.807) is 24.3 Å². The van der Waals surface area contributed by atoms with Crippen LogP contribution in [0.15, 0.2) is 46.2 Å². The molecule has 0 aliphatic carbocycles. The highest BCUT2D eigenvalue weighted by atomic mass is 32.2. The van der Waals surface area contributed by atoms with Gasteiger partial charge in [-0.15, -0.1) is 0 Å². The van der Waals surface area contributed by atoms with Crippen LogP contribution < -0.4 is 5.43 Å². The van der Waals surface area contributed by atoms with E-state index in [0.29, 0.717) is 43.3 Å².